The highest BCUT2D eigenvalue weighted by molar-refractivity contribution is 8.00. The second-order valence-electron chi connectivity index (χ2n) is 8.44. The molecule has 1 aliphatic rings. The van der Waals surface area contributed by atoms with Crippen molar-refractivity contribution in [3.8, 4) is 28.5 Å². The molecule has 0 spiro atoms. The number of aliphatic hydroxyl groups is 1. The third kappa shape index (κ3) is 4.88. The van der Waals surface area contributed by atoms with Crippen LogP contribution in [0, 0.1) is 18.3 Å². The van der Waals surface area contributed by atoms with Crippen molar-refractivity contribution in [1.29, 1.82) is 5.26 Å². The number of nitrogens with zero attached hydrogens (tertiary/aromatic N) is 2. The summed E-state index contributed by atoms with van der Waals surface area (Å²) in [6.07, 6.45) is 6.13. The molecule has 5 heteroatoms. The average Bonchev–Trinajstić information content (AvgIpc) is 2.83. The van der Waals surface area contributed by atoms with Crippen molar-refractivity contribution in [2.24, 2.45) is 0 Å². The molecule has 164 valence electrons. The summed E-state index contributed by atoms with van der Waals surface area (Å²) in [5, 5.41) is 22.4. The Hall–Kier alpha value is -2.26. The molecule has 1 saturated carbocycles. The largest absolute Gasteiger partial charge is 0.388 e. The highest BCUT2D eigenvalue weighted by Crippen LogP contribution is 2.41. The van der Waals surface area contributed by atoms with Gasteiger partial charge in [-0.1, -0.05) is 73.0 Å². The van der Waals surface area contributed by atoms with Crippen LogP contribution in [0.1, 0.15) is 36.8 Å². The summed E-state index contributed by atoms with van der Waals surface area (Å²) in [7, 11) is 0. The van der Waals surface area contributed by atoms with Crippen LogP contribution < -0.4 is 0 Å². The van der Waals surface area contributed by atoms with E-state index < -0.39 is 5.60 Å². The lowest BCUT2D eigenvalue weighted by atomic mass is 9.86. The van der Waals surface area contributed by atoms with Gasteiger partial charge in [-0.05, 0) is 37.7 Å². The fourth-order valence-corrected chi connectivity index (χ4v) is 6.68. The molecular weight excluding hydrogens is 432 g/mol. The van der Waals surface area contributed by atoms with Gasteiger partial charge in [0.1, 0.15) is 11.1 Å². The van der Waals surface area contributed by atoms with E-state index in [1.54, 1.807) is 11.8 Å². The number of aryl methyl sites for hydroxylation is 1. The monoisotopic (exact) mass is 460 g/mol. The van der Waals surface area contributed by atoms with Crippen LogP contribution in [0.2, 0.25) is 0 Å². The van der Waals surface area contributed by atoms with Gasteiger partial charge in [-0.3, -0.25) is 0 Å². The molecule has 0 aliphatic heterocycles. The number of aromatic nitrogens is 1. The first kappa shape index (κ1) is 22.9. The molecule has 1 fully saturated rings. The Bertz CT molecular complexity index is 1110. The van der Waals surface area contributed by atoms with Gasteiger partial charge in [0.15, 0.2) is 0 Å². The topological polar surface area (TPSA) is 56.9 Å². The number of pyridine rings is 1. The molecule has 0 radical (unpaired) electrons. The van der Waals surface area contributed by atoms with E-state index in [0.29, 0.717) is 16.3 Å². The molecule has 32 heavy (non-hydrogen) atoms. The summed E-state index contributed by atoms with van der Waals surface area (Å²) in [5.74, 6) is 0.547. The predicted octanol–water partition coefficient (Wildman–Crippen LogP) is 6.72. The number of rotatable bonds is 6. The molecule has 2 aromatic carbocycles. The van der Waals surface area contributed by atoms with Crippen molar-refractivity contribution < 1.29 is 5.11 Å². The van der Waals surface area contributed by atoms with Crippen molar-refractivity contribution in [3.05, 3.63) is 71.8 Å². The Morgan fingerprint density at radius 3 is 2.53 bits per heavy atom. The quantitative estimate of drug-likeness (QED) is 0.414. The fraction of sp³-hybridized carbons (Fsp3) is 0.333. The van der Waals surface area contributed by atoms with E-state index in [1.807, 2.05) is 36.4 Å². The molecule has 3 nitrogen and oxygen atoms in total. The van der Waals surface area contributed by atoms with Crippen LogP contribution >= 0.6 is 23.5 Å². The van der Waals surface area contributed by atoms with Crippen LogP contribution in [0.4, 0.5) is 0 Å². The Kier molecular flexibility index (Phi) is 7.25. The van der Waals surface area contributed by atoms with Gasteiger partial charge in [-0.25, -0.2) is 4.98 Å². The van der Waals surface area contributed by atoms with Crippen molar-refractivity contribution in [2.45, 2.75) is 48.5 Å². The zero-order chi connectivity index (χ0) is 22.6. The molecule has 3 aromatic rings. The Labute approximate surface area is 199 Å². The van der Waals surface area contributed by atoms with Crippen LogP contribution in [-0.2, 0) is 0 Å². The second kappa shape index (κ2) is 10.1. The lowest BCUT2D eigenvalue weighted by molar-refractivity contribution is 0.0340. The highest BCUT2D eigenvalue weighted by atomic mass is 32.2. The first-order valence-electron chi connectivity index (χ1n) is 11.0. The number of nitriles is 1. The number of thioether (sulfide) groups is 2. The molecule has 1 heterocycles. The van der Waals surface area contributed by atoms with Crippen molar-refractivity contribution in [1.82, 2.24) is 4.98 Å². The zero-order valence-electron chi connectivity index (χ0n) is 18.5. The summed E-state index contributed by atoms with van der Waals surface area (Å²) >= 11 is 3.27. The van der Waals surface area contributed by atoms with E-state index >= 15 is 0 Å². The van der Waals surface area contributed by atoms with Gasteiger partial charge >= 0.3 is 0 Å². The Balaban J connectivity index is 1.77. The molecule has 0 bridgehead atoms. The summed E-state index contributed by atoms with van der Waals surface area (Å²) in [6.45, 7) is 2.07. The van der Waals surface area contributed by atoms with Gasteiger partial charge in [0.25, 0.3) is 0 Å². The molecular formula is C27H28N2OS2. The van der Waals surface area contributed by atoms with Crippen LogP contribution in [-0.4, -0.2) is 33.0 Å². The maximum atomic E-state index is 11.4. The minimum Gasteiger partial charge on any atom is -0.388 e. The lowest BCUT2D eigenvalue weighted by Crippen LogP contribution is -2.45. The van der Waals surface area contributed by atoms with E-state index in [4.69, 9.17) is 4.98 Å². The van der Waals surface area contributed by atoms with E-state index in [-0.39, 0.29) is 5.25 Å². The molecule has 4 rings (SSSR count). The van der Waals surface area contributed by atoms with Gasteiger partial charge in [-0.2, -0.15) is 17.0 Å². The first-order chi connectivity index (χ1) is 15.5. The summed E-state index contributed by atoms with van der Waals surface area (Å²) < 4.78 is 0. The molecule has 0 amide bonds. The molecule has 0 unspecified atom stereocenters. The van der Waals surface area contributed by atoms with Gasteiger partial charge in [0, 0.05) is 22.1 Å². The first-order valence-corrected chi connectivity index (χ1v) is 13.3. The van der Waals surface area contributed by atoms with Gasteiger partial charge in [0.05, 0.1) is 16.9 Å². The Morgan fingerprint density at radius 1 is 1.09 bits per heavy atom. The van der Waals surface area contributed by atoms with E-state index in [1.165, 1.54) is 23.7 Å². The minimum atomic E-state index is -0.733. The third-order valence-corrected chi connectivity index (χ3v) is 8.66. The van der Waals surface area contributed by atoms with Crippen molar-refractivity contribution in [2.75, 3.05) is 12.0 Å². The van der Waals surface area contributed by atoms with Crippen LogP contribution in [0.15, 0.2) is 65.7 Å². The highest BCUT2D eigenvalue weighted by Gasteiger charge is 2.38. The molecule has 1 aliphatic carbocycles. The minimum absolute atomic E-state index is 0.225. The number of hydrogen-bond acceptors (Lipinski definition) is 5. The predicted molar refractivity (Wildman–Crippen MR) is 136 cm³/mol. The van der Waals surface area contributed by atoms with Crippen LogP contribution in [0.5, 0.6) is 0 Å². The Morgan fingerprint density at radius 2 is 1.84 bits per heavy atom. The smallest absolute Gasteiger partial charge is 0.115 e. The van der Waals surface area contributed by atoms with Crippen molar-refractivity contribution >= 4 is 23.5 Å². The van der Waals surface area contributed by atoms with Gasteiger partial charge < -0.3 is 5.11 Å². The van der Waals surface area contributed by atoms with E-state index in [9.17, 15) is 10.4 Å². The molecule has 1 N–H and O–H groups in total. The summed E-state index contributed by atoms with van der Waals surface area (Å²) in [4.78, 5) is 4.92. The summed E-state index contributed by atoms with van der Waals surface area (Å²) in [5.41, 5.74) is 4.81. The van der Waals surface area contributed by atoms with Gasteiger partial charge in [0.2, 0.25) is 0 Å². The lowest BCUT2D eigenvalue weighted by Gasteiger charge is -2.38. The molecule has 2 atom stereocenters. The second-order valence-corrected chi connectivity index (χ2v) is 10.4. The number of hydrogen-bond donors (Lipinski definition) is 1. The van der Waals surface area contributed by atoms with E-state index in [2.05, 4.69) is 43.5 Å². The fourth-order valence-electron chi connectivity index (χ4n) is 4.34. The third-order valence-electron chi connectivity index (χ3n) is 6.20. The molecule has 0 saturated heterocycles. The normalized spacial score (nSPS) is 20.6. The van der Waals surface area contributed by atoms with E-state index in [0.717, 1.165) is 41.6 Å². The SMILES string of the molecule is CS[C@H]1CCCC[C@]1(O)CSc1nc(-c2ccc(C)cc2)cc(-c2ccccc2)c1C#N. The standard InChI is InChI=1S/C27H28N2OS2/c1-19-11-13-21(14-12-19)24-16-22(20-8-4-3-5-9-20)23(17-28)26(29-24)32-18-27(30)15-7-6-10-25(27)31-2/h3-5,8-9,11-14,16,25,30H,6-7,10,15,18H2,1-2H3/t25-,27-/m0/s1. The van der Waals surface area contributed by atoms with Crippen LogP contribution in [0.25, 0.3) is 22.4 Å². The maximum absolute atomic E-state index is 11.4. The average molecular weight is 461 g/mol. The number of benzene rings is 2. The maximum Gasteiger partial charge on any atom is 0.115 e. The summed E-state index contributed by atoms with van der Waals surface area (Å²) in [6, 6.07) is 22.8. The zero-order valence-corrected chi connectivity index (χ0v) is 20.2. The van der Waals surface area contributed by atoms with Crippen molar-refractivity contribution in [3.63, 3.8) is 0 Å². The van der Waals surface area contributed by atoms with Gasteiger partial charge in [-0.15, -0.1) is 11.8 Å². The van der Waals surface area contributed by atoms with Crippen LogP contribution in [0.3, 0.4) is 0 Å². The molecule has 1 aromatic heterocycles.